The number of aliphatic hydroxyl groups is 1. The van der Waals surface area contributed by atoms with E-state index >= 15 is 0 Å². The van der Waals surface area contributed by atoms with Gasteiger partial charge >= 0.3 is 0 Å². The van der Waals surface area contributed by atoms with Gasteiger partial charge in [0.2, 0.25) is 0 Å². The highest BCUT2D eigenvalue weighted by Gasteiger charge is 2.42. The van der Waals surface area contributed by atoms with E-state index in [-0.39, 0.29) is 12.0 Å². The molecule has 0 bridgehead atoms. The standard InChI is InChI=1S/C61H64N2O5S2/c1-6-11-33-61(34-12-7-2)51-41-45(21-31-55-59-57(65-37-39-67-59)53(69-55)29-19-43-13-23-47(24-14-43)62(8-3)9-4)17-27-49(51)50-28-18-46(42-52(50)61)22-32-56-60-58(66-38-40-68-60)54(70-56)30-20-44-15-25-48(26-16-44)63(10-5)35-36-64/h13-20,23-30,41-42,64H,6-12,33-40H2,1-5H3/b29-19+,30-20+. The van der Waals surface area contributed by atoms with Gasteiger partial charge in [0, 0.05) is 54.1 Å². The predicted octanol–water partition coefficient (Wildman–Crippen LogP) is 13.8. The molecular formula is C61H64N2O5S2. The zero-order valence-electron chi connectivity index (χ0n) is 41.3. The summed E-state index contributed by atoms with van der Waals surface area (Å²) in [5.41, 5.74) is 11.8. The van der Waals surface area contributed by atoms with Crippen molar-refractivity contribution in [2.24, 2.45) is 0 Å². The molecule has 360 valence electrons. The first-order valence-corrected chi connectivity index (χ1v) is 26.9. The zero-order valence-corrected chi connectivity index (χ0v) is 42.9. The second-order valence-corrected chi connectivity index (χ2v) is 20.0. The second-order valence-electron chi connectivity index (χ2n) is 17.9. The molecule has 9 rings (SSSR count). The van der Waals surface area contributed by atoms with Gasteiger partial charge < -0.3 is 33.9 Å². The molecule has 0 atom stereocenters. The summed E-state index contributed by atoms with van der Waals surface area (Å²) in [7, 11) is 0. The summed E-state index contributed by atoms with van der Waals surface area (Å²) in [6, 6.07) is 30.8. The number of likely N-dealkylation sites (N-methyl/N-ethyl adjacent to an activating group) is 1. The van der Waals surface area contributed by atoms with E-state index in [2.05, 4.69) is 177 Å². The van der Waals surface area contributed by atoms with Gasteiger partial charge in [0.1, 0.15) is 36.2 Å². The van der Waals surface area contributed by atoms with Crippen LogP contribution >= 0.6 is 22.7 Å². The molecule has 0 spiro atoms. The molecular weight excluding hydrogens is 905 g/mol. The van der Waals surface area contributed by atoms with E-state index in [0.717, 1.165) is 129 Å². The lowest BCUT2D eigenvalue weighted by Gasteiger charge is -2.33. The Bertz CT molecular complexity index is 2960. The van der Waals surface area contributed by atoms with Crippen molar-refractivity contribution >= 4 is 58.4 Å². The number of aliphatic hydroxyl groups excluding tert-OH is 1. The van der Waals surface area contributed by atoms with Crippen LogP contribution in [0.15, 0.2) is 84.9 Å². The lowest BCUT2D eigenvalue weighted by molar-refractivity contribution is 0.173. The highest BCUT2D eigenvalue weighted by Crippen LogP contribution is 2.55. The van der Waals surface area contributed by atoms with Gasteiger partial charge in [0.25, 0.3) is 0 Å². The summed E-state index contributed by atoms with van der Waals surface area (Å²) in [4.78, 5) is 8.28. The number of fused-ring (bicyclic) bond motifs is 5. The molecule has 0 fully saturated rings. The van der Waals surface area contributed by atoms with Crippen LogP contribution in [0, 0.1) is 23.7 Å². The SMILES string of the molecule is CCCCC1(CCCC)c2cc(C#Cc3sc(/C=C/c4ccc(N(CC)CC)cc4)c4c3OCCO4)ccc2-c2ccc(C#Cc3sc(/C=C/c4ccc(N(CC)CCO)cc4)c4c3OCCO4)cc21. The normalized spacial score (nSPS) is 13.9. The van der Waals surface area contributed by atoms with Crippen LogP contribution < -0.4 is 28.7 Å². The van der Waals surface area contributed by atoms with E-state index in [9.17, 15) is 5.11 Å². The zero-order chi connectivity index (χ0) is 48.5. The van der Waals surface area contributed by atoms with Crippen LogP contribution in [0.1, 0.15) is 126 Å². The van der Waals surface area contributed by atoms with Crippen molar-refractivity contribution in [1.29, 1.82) is 0 Å². The van der Waals surface area contributed by atoms with Gasteiger partial charge in [-0.1, -0.05) is 99.9 Å². The highest BCUT2D eigenvalue weighted by atomic mass is 32.1. The average Bonchev–Trinajstić information content (AvgIpc) is 4.04. The number of hydrogen-bond acceptors (Lipinski definition) is 9. The average molecular weight is 969 g/mol. The van der Waals surface area contributed by atoms with Crippen molar-refractivity contribution in [3.63, 3.8) is 0 Å². The molecule has 0 radical (unpaired) electrons. The van der Waals surface area contributed by atoms with Crippen molar-refractivity contribution in [3.05, 3.63) is 138 Å². The van der Waals surface area contributed by atoms with Gasteiger partial charge in [0.15, 0.2) is 23.0 Å². The molecule has 70 heavy (non-hydrogen) atoms. The molecule has 3 aliphatic rings. The lowest BCUT2D eigenvalue weighted by Crippen LogP contribution is -2.25. The Labute approximate surface area is 423 Å². The summed E-state index contributed by atoms with van der Waals surface area (Å²) in [6.45, 7) is 16.6. The number of rotatable bonds is 17. The molecule has 0 amide bonds. The first kappa shape index (κ1) is 48.7. The van der Waals surface area contributed by atoms with Crippen LogP contribution in [0.2, 0.25) is 0 Å². The van der Waals surface area contributed by atoms with E-state index in [1.165, 1.54) is 27.9 Å². The molecule has 0 saturated carbocycles. The van der Waals surface area contributed by atoms with Crippen molar-refractivity contribution in [3.8, 4) is 57.8 Å². The minimum absolute atomic E-state index is 0.129. The van der Waals surface area contributed by atoms with E-state index in [1.807, 2.05) is 0 Å². The smallest absolute Gasteiger partial charge is 0.188 e. The lowest BCUT2D eigenvalue weighted by atomic mass is 9.70. The van der Waals surface area contributed by atoms with E-state index in [1.54, 1.807) is 22.7 Å². The molecule has 6 aromatic rings. The fourth-order valence-corrected chi connectivity index (χ4v) is 11.9. The highest BCUT2D eigenvalue weighted by molar-refractivity contribution is 7.14. The van der Waals surface area contributed by atoms with Gasteiger partial charge in [-0.25, -0.2) is 0 Å². The predicted molar refractivity (Wildman–Crippen MR) is 294 cm³/mol. The van der Waals surface area contributed by atoms with E-state index in [4.69, 9.17) is 18.9 Å². The first-order chi connectivity index (χ1) is 34.4. The van der Waals surface area contributed by atoms with Crippen molar-refractivity contribution in [1.82, 2.24) is 0 Å². The first-order valence-electron chi connectivity index (χ1n) is 25.2. The van der Waals surface area contributed by atoms with E-state index in [0.29, 0.717) is 33.0 Å². The van der Waals surface area contributed by atoms with Gasteiger partial charge in [-0.2, -0.15) is 0 Å². The molecule has 0 saturated heterocycles. The third kappa shape index (κ3) is 10.3. The Balaban J connectivity index is 1.00. The largest absolute Gasteiger partial charge is 0.485 e. The summed E-state index contributed by atoms with van der Waals surface area (Å²) in [6.07, 6.45) is 15.1. The van der Waals surface area contributed by atoms with Crippen LogP contribution in [0.5, 0.6) is 23.0 Å². The Kier molecular flexibility index (Phi) is 15.7. The molecule has 7 nitrogen and oxygen atoms in total. The monoisotopic (exact) mass is 968 g/mol. The molecule has 4 heterocycles. The quantitative estimate of drug-likeness (QED) is 0.0914. The molecule has 1 N–H and O–H groups in total. The molecule has 9 heteroatoms. The Morgan fingerprint density at radius 1 is 0.529 bits per heavy atom. The van der Waals surface area contributed by atoms with Crippen molar-refractivity contribution < 1.29 is 24.1 Å². The van der Waals surface area contributed by atoms with E-state index < -0.39 is 0 Å². The van der Waals surface area contributed by atoms with Crippen LogP contribution in [0.3, 0.4) is 0 Å². The van der Waals surface area contributed by atoms with Crippen LogP contribution in [0.25, 0.3) is 35.4 Å². The van der Waals surface area contributed by atoms with Gasteiger partial charge in [-0.05, 0) is 140 Å². The minimum Gasteiger partial charge on any atom is -0.485 e. The maximum atomic E-state index is 9.47. The number of benzene rings is 4. The summed E-state index contributed by atoms with van der Waals surface area (Å²) < 4.78 is 24.8. The summed E-state index contributed by atoms with van der Waals surface area (Å²) >= 11 is 3.24. The molecule has 4 aromatic carbocycles. The number of ether oxygens (including phenoxy) is 4. The third-order valence-electron chi connectivity index (χ3n) is 13.7. The third-order valence-corrected chi connectivity index (χ3v) is 15.7. The Morgan fingerprint density at radius 3 is 1.37 bits per heavy atom. The topological polar surface area (TPSA) is 63.6 Å². The summed E-state index contributed by atoms with van der Waals surface area (Å²) in [5.74, 6) is 17.2. The maximum absolute atomic E-state index is 9.47. The maximum Gasteiger partial charge on any atom is 0.188 e. The molecule has 1 aliphatic carbocycles. The molecule has 0 unspecified atom stereocenters. The van der Waals surface area contributed by atoms with Crippen LogP contribution in [-0.4, -0.2) is 64.3 Å². The minimum atomic E-state index is -0.143. The molecule has 2 aromatic heterocycles. The van der Waals surface area contributed by atoms with Crippen molar-refractivity contribution in [2.45, 2.75) is 78.6 Å². The van der Waals surface area contributed by atoms with Crippen LogP contribution in [0.4, 0.5) is 11.4 Å². The van der Waals surface area contributed by atoms with Crippen LogP contribution in [-0.2, 0) is 5.41 Å². The Hall–Kier alpha value is -6.36. The van der Waals surface area contributed by atoms with Gasteiger partial charge in [-0.3, -0.25) is 0 Å². The fourth-order valence-electron chi connectivity index (χ4n) is 9.97. The second kappa shape index (κ2) is 22.6. The Morgan fingerprint density at radius 2 is 0.957 bits per heavy atom. The molecule has 2 aliphatic heterocycles. The number of thiophene rings is 2. The van der Waals surface area contributed by atoms with Gasteiger partial charge in [0.05, 0.1) is 16.4 Å². The van der Waals surface area contributed by atoms with Gasteiger partial charge in [-0.15, -0.1) is 22.7 Å². The number of anilines is 2. The number of unbranched alkanes of at least 4 members (excludes halogenated alkanes) is 2. The number of hydrogen-bond donors (Lipinski definition) is 1. The summed E-state index contributed by atoms with van der Waals surface area (Å²) in [5, 5.41) is 9.47. The van der Waals surface area contributed by atoms with Crippen molar-refractivity contribution in [2.75, 3.05) is 69.0 Å². The number of nitrogens with zero attached hydrogens (tertiary/aromatic N) is 2. The fraction of sp³-hybridized carbons (Fsp3) is 0.344.